The Morgan fingerprint density at radius 1 is 1.27 bits per heavy atom. The fraction of sp³-hybridized carbons (Fsp3) is 0.250. The quantitative estimate of drug-likeness (QED) is 0.841. The third-order valence-electron chi connectivity index (χ3n) is 2.27. The van der Waals surface area contributed by atoms with E-state index in [4.69, 9.17) is 5.73 Å². The molecule has 1 unspecified atom stereocenters. The zero-order valence-electron chi connectivity index (χ0n) is 8.90. The van der Waals surface area contributed by atoms with E-state index in [2.05, 4.69) is 36.2 Å². The van der Waals surface area contributed by atoms with Gasteiger partial charge in [0.15, 0.2) is 0 Å². The van der Waals surface area contributed by atoms with Crippen LogP contribution in [-0.4, -0.2) is 4.98 Å². The van der Waals surface area contributed by atoms with E-state index >= 15 is 0 Å². The van der Waals surface area contributed by atoms with Crippen LogP contribution >= 0.6 is 11.3 Å². The molecule has 2 nitrogen and oxygen atoms in total. The Kier molecular flexibility index (Phi) is 2.84. The Morgan fingerprint density at radius 2 is 1.93 bits per heavy atom. The number of aryl methyl sites for hydroxylation is 1. The smallest absolute Gasteiger partial charge is 0.123 e. The number of hydrogen-bond acceptors (Lipinski definition) is 3. The van der Waals surface area contributed by atoms with Crippen molar-refractivity contribution in [3.8, 4) is 10.6 Å². The van der Waals surface area contributed by atoms with Crippen LogP contribution in [0, 0.1) is 6.92 Å². The predicted molar refractivity (Wildman–Crippen MR) is 64.9 cm³/mol. The molecule has 15 heavy (non-hydrogen) atoms. The highest BCUT2D eigenvalue weighted by Crippen LogP contribution is 2.27. The molecule has 2 N–H and O–H groups in total. The molecule has 0 aliphatic heterocycles. The van der Waals surface area contributed by atoms with Crippen LogP contribution in [0.1, 0.15) is 23.4 Å². The van der Waals surface area contributed by atoms with Gasteiger partial charge in [0, 0.05) is 22.7 Å². The maximum atomic E-state index is 5.80. The van der Waals surface area contributed by atoms with Crippen LogP contribution in [0.2, 0.25) is 0 Å². The van der Waals surface area contributed by atoms with Gasteiger partial charge in [-0.1, -0.05) is 29.8 Å². The lowest BCUT2D eigenvalue weighted by Crippen LogP contribution is -2.01. The summed E-state index contributed by atoms with van der Waals surface area (Å²) < 4.78 is 0. The van der Waals surface area contributed by atoms with Gasteiger partial charge in [0.25, 0.3) is 0 Å². The summed E-state index contributed by atoms with van der Waals surface area (Å²) in [5.74, 6) is 0. The third-order valence-corrected chi connectivity index (χ3v) is 3.52. The minimum atomic E-state index is 0.0710. The molecule has 1 atom stereocenters. The maximum absolute atomic E-state index is 5.80. The lowest BCUT2D eigenvalue weighted by Gasteiger charge is -1.98. The Bertz CT molecular complexity index is 443. The van der Waals surface area contributed by atoms with Crippen molar-refractivity contribution < 1.29 is 0 Å². The zero-order valence-corrected chi connectivity index (χ0v) is 9.71. The summed E-state index contributed by atoms with van der Waals surface area (Å²) in [5.41, 5.74) is 8.23. The van der Waals surface area contributed by atoms with Gasteiger partial charge in [0.05, 0.1) is 0 Å². The Labute approximate surface area is 93.8 Å². The molecule has 78 valence electrons. The predicted octanol–water partition coefficient (Wildman–Crippen LogP) is 3.14. The van der Waals surface area contributed by atoms with Gasteiger partial charge < -0.3 is 5.73 Å². The average Bonchev–Trinajstić information content (AvgIpc) is 2.68. The van der Waals surface area contributed by atoms with Crippen LogP contribution in [0.3, 0.4) is 0 Å². The number of thiazole rings is 1. The molecular weight excluding hydrogens is 204 g/mol. The standard InChI is InChI=1S/C12H14N2S/c1-8-3-5-10(6-4-8)12-14-7-11(15-12)9(2)13/h3-7,9H,13H2,1-2H3. The van der Waals surface area contributed by atoms with E-state index in [0.717, 1.165) is 15.4 Å². The van der Waals surface area contributed by atoms with Crippen LogP contribution < -0.4 is 5.73 Å². The molecule has 0 amide bonds. The van der Waals surface area contributed by atoms with Crippen LogP contribution in [0.5, 0.6) is 0 Å². The number of nitrogens with zero attached hydrogens (tertiary/aromatic N) is 1. The van der Waals surface area contributed by atoms with E-state index < -0.39 is 0 Å². The summed E-state index contributed by atoms with van der Waals surface area (Å²) in [6, 6.07) is 8.46. The lowest BCUT2D eigenvalue weighted by molar-refractivity contribution is 0.835. The first-order valence-corrected chi connectivity index (χ1v) is 5.77. The third kappa shape index (κ3) is 2.25. The number of rotatable bonds is 2. The van der Waals surface area contributed by atoms with Gasteiger partial charge in [-0.05, 0) is 13.8 Å². The van der Waals surface area contributed by atoms with E-state index in [1.807, 2.05) is 13.1 Å². The summed E-state index contributed by atoms with van der Waals surface area (Å²) in [6.45, 7) is 4.06. The van der Waals surface area contributed by atoms with Gasteiger partial charge in [-0.2, -0.15) is 0 Å². The molecule has 2 aromatic rings. The second-order valence-electron chi connectivity index (χ2n) is 3.72. The summed E-state index contributed by atoms with van der Waals surface area (Å²) in [6.07, 6.45) is 1.87. The summed E-state index contributed by atoms with van der Waals surface area (Å²) in [4.78, 5) is 5.51. The van der Waals surface area contributed by atoms with Crippen molar-refractivity contribution in [2.45, 2.75) is 19.9 Å². The number of benzene rings is 1. The molecule has 0 saturated carbocycles. The van der Waals surface area contributed by atoms with Crippen molar-refractivity contribution in [1.82, 2.24) is 4.98 Å². The highest BCUT2D eigenvalue weighted by Gasteiger charge is 2.06. The highest BCUT2D eigenvalue weighted by atomic mass is 32.1. The second kappa shape index (κ2) is 4.13. The monoisotopic (exact) mass is 218 g/mol. The van der Waals surface area contributed by atoms with Gasteiger partial charge in [-0.25, -0.2) is 4.98 Å². The zero-order chi connectivity index (χ0) is 10.8. The molecule has 1 heterocycles. The SMILES string of the molecule is Cc1ccc(-c2ncc(C(C)N)s2)cc1. The molecular formula is C12H14N2S. The number of nitrogens with two attached hydrogens (primary N) is 1. The van der Waals surface area contributed by atoms with Crippen molar-refractivity contribution in [2.24, 2.45) is 5.73 Å². The normalized spacial score (nSPS) is 12.7. The summed E-state index contributed by atoms with van der Waals surface area (Å²) in [7, 11) is 0. The van der Waals surface area contributed by atoms with Crippen molar-refractivity contribution in [3.05, 3.63) is 40.9 Å². The summed E-state index contributed by atoms with van der Waals surface area (Å²) >= 11 is 1.66. The van der Waals surface area contributed by atoms with E-state index in [-0.39, 0.29) is 6.04 Å². The van der Waals surface area contributed by atoms with Crippen molar-refractivity contribution in [1.29, 1.82) is 0 Å². The minimum Gasteiger partial charge on any atom is -0.323 e. The molecule has 0 aliphatic carbocycles. The fourth-order valence-electron chi connectivity index (χ4n) is 1.33. The van der Waals surface area contributed by atoms with Crippen LogP contribution in [0.4, 0.5) is 0 Å². The van der Waals surface area contributed by atoms with Gasteiger partial charge in [0.2, 0.25) is 0 Å². The van der Waals surface area contributed by atoms with Crippen LogP contribution in [0.25, 0.3) is 10.6 Å². The molecule has 0 saturated heterocycles. The molecule has 0 aliphatic rings. The fourth-order valence-corrected chi connectivity index (χ4v) is 2.20. The van der Waals surface area contributed by atoms with Gasteiger partial charge in [0.1, 0.15) is 5.01 Å². The number of aromatic nitrogens is 1. The first-order valence-electron chi connectivity index (χ1n) is 4.95. The van der Waals surface area contributed by atoms with Crippen molar-refractivity contribution >= 4 is 11.3 Å². The maximum Gasteiger partial charge on any atom is 0.123 e. The van der Waals surface area contributed by atoms with E-state index in [1.165, 1.54) is 5.56 Å². The Balaban J connectivity index is 2.33. The Morgan fingerprint density at radius 3 is 2.47 bits per heavy atom. The molecule has 0 fully saturated rings. The molecule has 1 aromatic carbocycles. The molecule has 0 bridgehead atoms. The topological polar surface area (TPSA) is 38.9 Å². The van der Waals surface area contributed by atoms with Crippen molar-refractivity contribution in [2.75, 3.05) is 0 Å². The van der Waals surface area contributed by atoms with Crippen LogP contribution in [0.15, 0.2) is 30.5 Å². The van der Waals surface area contributed by atoms with E-state index in [0.29, 0.717) is 0 Å². The number of hydrogen-bond donors (Lipinski definition) is 1. The molecule has 0 radical (unpaired) electrons. The largest absolute Gasteiger partial charge is 0.323 e. The van der Waals surface area contributed by atoms with Gasteiger partial charge in [-0.3, -0.25) is 0 Å². The summed E-state index contributed by atoms with van der Waals surface area (Å²) in [5, 5.41) is 1.04. The molecule has 2 rings (SSSR count). The minimum absolute atomic E-state index is 0.0710. The van der Waals surface area contributed by atoms with E-state index in [1.54, 1.807) is 11.3 Å². The van der Waals surface area contributed by atoms with Crippen molar-refractivity contribution in [3.63, 3.8) is 0 Å². The second-order valence-corrected chi connectivity index (χ2v) is 4.78. The molecule has 1 aromatic heterocycles. The van der Waals surface area contributed by atoms with Gasteiger partial charge >= 0.3 is 0 Å². The first-order chi connectivity index (χ1) is 7.16. The highest BCUT2D eigenvalue weighted by molar-refractivity contribution is 7.15. The molecule has 0 spiro atoms. The van der Waals surface area contributed by atoms with E-state index in [9.17, 15) is 0 Å². The lowest BCUT2D eigenvalue weighted by atomic mass is 10.2. The average molecular weight is 218 g/mol. The van der Waals surface area contributed by atoms with Gasteiger partial charge in [-0.15, -0.1) is 11.3 Å². The van der Waals surface area contributed by atoms with Crippen LogP contribution in [-0.2, 0) is 0 Å². The first kappa shape index (κ1) is 10.3. The Hall–Kier alpha value is -1.19. The molecule has 3 heteroatoms.